The molecule has 0 aliphatic rings. The summed E-state index contributed by atoms with van der Waals surface area (Å²) in [6.07, 6.45) is -2.13. The van der Waals surface area contributed by atoms with Gasteiger partial charge in [0.05, 0.1) is 10.6 Å². The third kappa shape index (κ3) is 3.96. The molecule has 0 unspecified atom stereocenters. The highest BCUT2D eigenvalue weighted by molar-refractivity contribution is 8.00. The van der Waals surface area contributed by atoms with Crippen LogP contribution in [0.2, 0.25) is 5.02 Å². The molecule has 3 rings (SSSR count). The number of pyridine rings is 1. The van der Waals surface area contributed by atoms with E-state index in [4.69, 9.17) is 11.6 Å². The minimum Gasteiger partial charge on any atom is -0.324 e. The Kier molecular flexibility index (Phi) is 5.15. The molecule has 0 amide bonds. The van der Waals surface area contributed by atoms with Gasteiger partial charge in [-0.15, -0.1) is 0 Å². The van der Waals surface area contributed by atoms with Crippen molar-refractivity contribution >= 4 is 29.2 Å². The van der Waals surface area contributed by atoms with Gasteiger partial charge in [-0.05, 0) is 48.9 Å². The van der Waals surface area contributed by atoms with Gasteiger partial charge in [0.15, 0.2) is 5.82 Å². The van der Waals surface area contributed by atoms with Gasteiger partial charge >= 0.3 is 6.18 Å². The number of nitrogens with one attached hydrogen (secondary N) is 1. The van der Waals surface area contributed by atoms with Gasteiger partial charge in [0.1, 0.15) is 10.8 Å². The molecule has 0 aliphatic carbocycles. The van der Waals surface area contributed by atoms with Crippen LogP contribution in [0, 0.1) is 12.7 Å². The van der Waals surface area contributed by atoms with Gasteiger partial charge in [-0.25, -0.2) is 9.37 Å². The van der Waals surface area contributed by atoms with Gasteiger partial charge in [-0.1, -0.05) is 11.6 Å². The molecule has 0 fully saturated rings. The minimum atomic E-state index is -4.51. The zero-order valence-corrected chi connectivity index (χ0v) is 14.9. The van der Waals surface area contributed by atoms with E-state index in [0.29, 0.717) is 16.3 Å². The van der Waals surface area contributed by atoms with Crippen molar-refractivity contribution in [3.63, 3.8) is 0 Å². The Balaban J connectivity index is 1.83. The second-order valence-corrected chi connectivity index (χ2v) is 6.65. The number of hydrogen-bond acceptors (Lipinski definition) is 3. The van der Waals surface area contributed by atoms with Crippen molar-refractivity contribution in [1.82, 2.24) is 9.55 Å². The van der Waals surface area contributed by atoms with Crippen molar-refractivity contribution in [3.8, 4) is 5.82 Å². The quantitative estimate of drug-likeness (QED) is 0.422. The van der Waals surface area contributed by atoms with Gasteiger partial charge in [0.25, 0.3) is 0 Å². The summed E-state index contributed by atoms with van der Waals surface area (Å²) in [5.41, 5.74) is 0.277. The topological polar surface area (TPSA) is 29.9 Å². The molecule has 3 nitrogen and oxygen atoms in total. The van der Waals surface area contributed by atoms with E-state index in [9.17, 15) is 17.6 Å². The number of alkyl halides is 3. The molecule has 0 saturated heterocycles. The van der Waals surface area contributed by atoms with Gasteiger partial charge in [0.2, 0.25) is 0 Å². The van der Waals surface area contributed by atoms with Crippen molar-refractivity contribution in [2.75, 3.05) is 4.72 Å². The third-order valence-corrected chi connectivity index (χ3v) is 4.68. The van der Waals surface area contributed by atoms with Crippen LogP contribution in [0.3, 0.4) is 0 Å². The Morgan fingerprint density at radius 3 is 2.62 bits per heavy atom. The Hall–Kier alpha value is -2.19. The fraction of sp³-hybridized carbons (Fsp3) is 0.118. The highest BCUT2D eigenvalue weighted by Gasteiger charge is 2.31. The van der Waals surface area contributed by atoms with E-state index in [0.717, 1.165) is 12.3 Å². The lowest BCUT2D eigenvalue weighted by Gasteiger charge is -2.13. The van der Waals surface area contributed by atoms with E-state index < -0.39 is 11.7 Å². The molecule has 0 saturated carbocycles. The highest BCUT2D eigenvalue weighted by Crippen LogP contribution is 2.33. The van der Waals surface area contributed by atoms with Crippen LogP contribution in [0.5, 0.6) is 0 Å². The molecule has 0 aliphatic heterocycles. The summed E-state index contributed by atoms with van der Waals surface area (Å²) < 4.78 is 56.2. The maximum absolute atomic E-state index is 13.3. The monoisotopic (exact) mass is 401 g/mol. The molecule has 2 aromatic heterocycles. The van der Waals surface area contributed by atoms with Crippen LogP contribution in [0.4, 0.5) is 23.2 Å². The van der Waals surface area contributed by atoms with Gasteiger partial charge < -0.3 is 4.72 Å². The van der Waals surface area contributed by atoms with E-state index in [1.165, 1.54) is 18.0 Å². The van der Waals surface area contributed by atoms with E-state index in [1.54, 1.807) is 42.0 Å². The van der Waals surface area contributed by atoms with Crippen molar-refractivity contribution in [2.24, 2.45) is 0 Å². The molecule has 3 aromatic rings. The summed E-state index contributed by atoms with van der Waals surface area (Å²) in [6.45, 7) is 1.65. The van der Waals surface area contributed by atoms with Crippen molar-refractivity contribution in [1.29, 1.82) is 0 Å². The standard InChI is InChI=1S/C17H12ClF4N3S/c1-10-7-12(4-5-14(10)19)24-26-15-3-2-6-25(15)16-13(18)8-11(9-23-16)17(20,21)22/h2-9,24H,1H3. The summed E-state index contributed by atoms with van der Waals surface area (Å²) in [5.74, 6) is -0.117. The molecule has 0 atom stereocenters. The summed E-state index contributed by atoms with van der Waals surface area (Å²) in [7, 11) is 0. The molecule has 1 N–H and O–H groups in total. The number of rotatable bonds is 4. The second-order valence-electron chi connectivity index (χ2n) is 5.41. The SMILES string of the molecule is Cc1cc(NSc2cccn2-c2ncc(C(F)(F)F)cc2Cl)ccc1F. The lowest BCUT2D eigenvalue weighted by Crippen LogP contribution is -2.08. The highest BCUT2D eigenvalue weighted by atomic mass is 35.5. The number of nitrogens with zero attached hydrogens (tertiary/aromatic N) is 2. The number of aromatic nitrogens is 2. The van der Waals surface area contributed by atoms with Crippen LogP contribution in [0.1, 0.15) is 11.1 Å². The average molecular weight is 402 g/mol. The van der Waals surface area contributed by atoms with Crippen molar-refractivity contribution in [2.45, 2.75) is 18.1 Å². The molecular formula is C17H12ClF4N3S. The molecule has 1 aromatic carbocycles. The van der Waals surface area contributed by atoms with E-state index in [2.05, 4.69) is 9.71 Å². The average Bonchev–Trinajstić information content (AvgIpc) is 3.03. The minimum absolute atomic E-state index is 0.115. The van der Waals surface area contributed by atoms with Crippen LogP contribution < -0.4 is 4.72 Å². The van der Waals surface area contributed by atoms with E-state index in [1.807, 2.05) is 0 Å². The zero-order valence-electron chi connectivity index (χ0n) is 13.3. The summed E-state index contributed by atoms with van der Waals surface area (Å²) in [4.78, 5) is 3.85. The molecular weight excluding hydrogens is 390 g/mol. The Morgan fingerprint density at radius 2 is 1.96 bits per heavy atom. The third-order valence-electron chi connectivity index (χ3n) is 3.52. The lowest BCUT2D eigenvalue weighted by molar-refractivity contribution is -0.137. The lowest BCUT2D eigenvalue weighted by atomic mass is 10.2. The molecule has 2 heterocycles. The Bertz CT molecular complexity index is 940. The fourth-order valence-electron chi connectivity index (χ4n) is 2.21. The maximum Gasteiger partial charge on any atom is 0.417 e. The predicted octanol–water partition coefficient (Wildman–Crippen LogP) is 6.11. The van der Waals surface area contributed by atoms with Crippen molar-refractivity contribution < 1.29 is 17.6 Å². The summed E-state index contributed by atoms with van der Waals surface area (Å²) in [5, 5.41) is 0.539. The number of benzene rings is 1. The molecule has 136 valence electrons. The van der Waals surface area contributed by atoms with Crippen LogP contribution in [-0.2, 0) is 6.18 Å². The van der Waals surface area contributed by atoms with E-state index in [-0.39, 0.29) is 16.7 Å². The van der Waals surface area contributed by atoms with Crippen LogP contribution in [0.15, 0.2) is 53.8 Å². The van der Waals surface area contributed by atoms with Gasteiger partial charge in [-0.2, -0.15) is 13.2 Å². The maximum atomic E-state index is 13.3. The first-order valence-corrected chi connectivity index (χ1v) is 8.54. The molecule has 0 radical (unpaired) electrons. The van der Waals surface area contributed by atoms with E-state index >= 15 is 0 Å². The number of aryl methyl sites for hydroxylation is 1. The summed E-state index contributed by atoms with van der Waals surface area (Å²) >= 11 is 7.20. The molecule has 0 spiro atoms. The number of hydrogen-bond donors (Lipinski definition) is 1. The molecule has 9 heteroatoms. The van der Waals surface area contributed by atoms with Gasteiger partial charge in [-0.3, -0.25) is 4.57 Å². The van der Waals surface area contributed by atoms with Crippen LogP contribution in [0.25, 0.3) is 5.82 Å². The first-order chi connectivity index (χ1) is 12.3. The first kappa shape index (κ1) is 18.6. The smallest absolute Gasteiger partial charge is 0.324 e. The van der Waals surface area contributed by atoms with Crippen molar-refractivity contribution in [3.05, 3.63) is 70.8 Å². The number of halogens is 5. The summed E-state index contributed by atoms with van der Waals surface area (Å²) in [6, 6.07) is 8.91. The molecule has 0 bridgehead atoms. The second kappa shape index (κ2) is 7.20. The largest absolute Gasteiger partial charge is 0.417 e. The zero-order chi connectivity index (χ0) is 18.9. The Labute approximate surface area is 156 Å². The predicted molar refractivity (Wildman–Crippen MR) is 94.2 cm³/mol. The normalized spacial score (nSPS) is 11.6. The van der Waals surface area contributed by atoms with Gasteiger partial charge in [0, 0.05) is 30.0 Å². The fourth-order valence-corrected chi connectivity index (χ4v) is 3.20. The van der Waals surface area contributed by atoms with Crippen LogP contribution >= 0.6 is 23.5 Å². The number of anilines is 1. The Morgan fingerprint density at radius 1 is 1.19 bits per heavy atom. The molecule has 26 heavy (non-hydrogen) atoms. The van der Waals surface area contributed by atoms with Crippen LogP contribution in [-0.4, -0.2) is 9.55 Å². The first-order valence-electron chi connectivity index (χ1n) is 7.35.